The smallest absolute Gasteiger partial charge is 0.123 e. The summed E-state index contributed by atoms with van der Waals surface area (Å²) in [5.41, 5.74) is 1.25. The number of nitrogens with one attached hydrogen (secondary N) is 1. The number of hydrogen-bond donors (Lipinski definition) is 1. The molecule has 5 heteroatoms. The maximum Gasteiger partial charge on any atom is 0.123 e. The lowest BCUT2D eigenvalue weighted by Gasteiger charge is -2.19. The number of ether oxygens (including phenoxy) is 1. The lowest BCUT2D eigenvalue weighted by atomic mass is 10.1. The minimum atomic E-state index is 0.210. The molecule has 0 aliphatic carbocycles. The molecule has 2 heterocycles. The van der Waals surface area contributed by atoms with Crippen LogP contribution in [0.5, 0.6) is 0 Å². The van der Waals surface area contributed by atoms with Gasteiger partial charge in [0.05, 0.1) is 12.3 Å². The van der Waals surface area contributed by atoms with E-state index in [1.165, 1.54) is 15.6 Å². The molecule has 0 spiro atoms. The van der Waals surface area contributed by atoms with Gasteiger partial charge in [-0.3, -0.25) is 0 Å². The van der Waals surface area contributed by atoms with E-state index in [9.17, 15) is 0 Å². The molecule has 2 rings (SSSR count). The van der Waals surface area contributed by atoms with Gasteiger partial charge in [0.1, 0.15) is 11.1 Å². The van der Waals surface area contributed by atoms with E-state index < -0.39 is 0 Å². The summed E-state index contributed by atoms with van der Waals surface area (Å²) in [5, 5.41) is 4.57. The Hall–Kier alpha value is -0.100. The summed E-state index contributed by atoms with van der Waals surface area (Å²) < 4.78 is 5.82. The van der Waals surface area contributed by atoms with Crippen LogP contribution in [-0.4, -0.2) is 29.6 Å². The van der Waals surface area contributed by atoms with Gasteiger partial charge in [0.2, 0.25) is 0 Å². The Bertz CT molecular complexity index is 373. The van der Waals surface area contributed by atoms with Crippen LogP contribution >= 0.6 is 23.1 Å². The summed E-state index contributed by atoms with van der Waals surface area (Å²) in [6.45, 7) is 9.35. The molecule has 1 atom stereocenters. The molecule has 102 valence electrons. The molecule has 1 saturated heterocycles. The zero-order valence-electron chi connectivity index (χ0n) is 11.4. The van der Waals surface area contributed by atoms with Gasteiger partial charge in [0.15, 0.2) is 0 Å². The molecule has 0 amide bonds. The summed E-state index contributed by atoms with van der Waals surface area (Å²) in [5.74, 6) is 2.65. The van der Waals surface area contributed by atoms with Crippen molar-refractivity contribution in [3.8, 4) is 0 Å². The Morgan fingerprint density at radius 1 is 1.50 bits per heavy atom. The Labute approximate surface area is 118 Å². The normalized spacial score (nSPS) is 20.6. The standard InChI is InChI=1S/C13H22N2OS2/c1-4-14-7-11-12(9(2)3)15-13(18-11)10-8-17-6-5-16-10/h9-10,14H,4-8H2,1-3H3. The Morgan fingerprint density at radius 3 is 2.94 bits per heavy atom. The highest BCUT2D eigenvalue weighted by molar-refractivity contribution is 7.99. The van der Waals surface area contributed by atoms with Gasteiger partial charge in [-0.1, -0.05) is 20.8 Å². The van der Waals surface area contributed by atoms with Gasteiger partial charge in [-0.15, -0.1) is 11.3 Å². The molecule has 0 aromatic carbocycles. The lowest BCUT2D eigenvalue weighted by molar-refractivity contribution is 0.0754. The van der Waals surface area contributed by atoms with Gasteiger partial charge in [0, 0.05) is 22.9 Å². The maximum atomic E-state index is 5.82. The number of aromatic nitrogens is 1. The van der Waals surface area contributed by atoms with E-state index >= 15 is 0 Å². The third-order valence-corrected chi connectivity index (χ3v) is 5.07. The van der Waals surface area contributed by atoms with Crippen LogP contribution in [0.15, 0.2) is 0 Å². The van der Waals surface area contributed by atoms with Gasteiger partial charge < -0.3 is 10.1 Å². The molecule has 1 fully saturated rings. The number of thioether (sulfide) groups is 1. The number of hydrogen-bond acceptors (Lipinski definition) is 5. The van der Waals surface area contributed by atoms with Crippen LogP contribution in [0, 0.1) is 0 Å². The molecule has 18 heavy (non-hydrogen) atoms. The summed E-state index contributed by atoms with van der Waals surface area (Å²) in [6.07, 6.45) is 0.210. The van der Waals surface area contributed by atoms with Gasteiger partial charge >= 0.3 is 0 Å². The van der Waals surface area contributed by atoms with Gasteiger partial charge in [-0.25, -0.2) is 4.98 Å². The summed E-state index contributed by atoms with van der Waals surface area (Å²) in [6, 6.07) is 0. The van der Waals surface area contributed by atoms with Gasteiger partial charge in [0.25, 0.3) is 0 Å². The monoisotopic (exact) mass is 286 g/mol. The molecule has 1 aromatic rings. The highest BCUT2D eigenvalue weighted by Crippen LogP contribution is 2.33. The van der Waals surface area contributed by atoms with Crippen molar-refractivity contribution in [2.24, 2.45) is 0 Å². The van der Waals surface area contributed by atoms with E-state index in [1.807, 2.05) is 23.1 Å². The molecule has 1 unspecified atom stereocenters. The fourth-order valence-corrected chi connectivity index (χ4v) is 4.16. The highest BCUT2D eigenvalue weighted by atomic mass is 32.2. The van der Waals surface area contributed by atoms with Crippen LogP contribution in [0.25, 0.3) is 0 Å². The second-order valence-electron chi connectivity index (χ2n) is 4.73. The van der Waals surface area contributed by atoms with Crippen molar-refractivity contribution >= 4 is 23.1 Å². The second kappa shape index (κ2) is 6.89. The first kappa shape index (κ1) is 14.3. The minimum Gasteiger partial charge on any atom is -0.369 e. The van der Waals surface area contributed by atoms with E-state index in [4.69, 9.17) is 9.72 Å². The number of rotatable bonds is 5. The van der Waals surface area contributed by atoms with Crippen LogP contribution in [0.4, 0.5) is 0 Å². The van der Waals surface area contributed by atoms with Crippen molar-refractivity contribution in [3.05, 3.63) is 15.6 Å². The van der Waals surface area contributed by atoms with Crippen LogP contribution in [0.2, 0.25) is 0 Å². The molecular weight excluding hydrogens is 264 g/mol. The minimum absolute atomic E-state index is 0.210. The second-order valence-corrected chi connectivity index (χ2v) is 6.99. The Morgan fingerprint density at radius 2 is 2.33 bits per heavy atom. The van der Waals surface area contributed by atoms with Crippen molar-refractivity contribution in [2.45, 2.75) is 39.3 Å². The molecule has 0 radical (unpaired) electrons. The van der Waals surface area contributed by atoms with Crippen LogP contribution in [0.3, 0.4) is 0 Å². The van der Waals surface area contributed by atoms with Crippen molar-refractivity contribution in [3.63, 3.8) is 0 Å². The molecule has 1 aromatic heterocycles. The SMILES string of the molecule is CCNCc1sc(C2CSCCO2)nc1C(C)C. The predicted molar refractivity (Wildman–Crippen MR) is 79.6 cm³/mol. The van der Waals surface area contributed by atoms with Crippen molar-refractivity contribution in [1.29, 1.82) is 0 Å². The first-order chi connectivity index (χ1) is 8.72. The number of nitrogens with zero attached hydrogens (tertiary/aromatic N) is 1. The van der Waals surface area contributed by atoms with E-state index in [0.717, 1.165) is 31.2 Å². The fourth-order valence-electron chi connectivity index (χ4n) is 1.97. The van der Waals surface area contributed by atoms with Crippen LogP contribution in [0.1, 0.15) is 48.4 Å². The quantitative estimate of drug-likeness (QED) is 0.901. The predicted octanol–water partition coefficient (Wildman–Crippen LogP) is 3.18. The van der Waals surface area contributed by atoms with E-state index in [-0.39, 0.29) is 6.10 Å². The third-order valence-electron chi connectivity index (χ3n) is 2.92. The van der Waals surface area contributed by atoms with Crippen molar-refractivity contribution in [1.82, 2.24) is 10.3 Å². The first-order valence-corrected chi connectivity index (χ1v) is 8.59. The summed E-state index contributed by atoms with van der Waals surface area (Å²) in [4.78, 5) is 6.20. The Balaban J connectivity index is 2.15. The summed E-state index contributed by atoms with van der Waals surface area (Å²) in [7, 11) is 0. The molecule has 3 nitrogen and oxygen atoms in total. The van der Waals surface area contributed by atoms with Crippen LogP contribution in [-0.2, 0) is 11.3 Å². The number of thiazole rings is 1. The zero-order chi connectivity index (χ0) is 13.0. The zero-order valence-corrected chi connectivity index (χ0v) is 13.0. The van der Waals surface area contributed by atoms with Crippen molar-refractivity contribution < 1.29 is 4.74 Å². The lowest BCUT2D eigenvalue weighted by Crippen LogP contribution is -2.15. The van der Waals surface area contributed by atoms with Gasteiger partial charge in [-0.2, -0.15) is 11.8 Å². The maximum absolute atomic E-state index is 5.82. The van der Waals surface area contributed by atoms with E-state index in [1.54, 1.807) is 0 Å². The highest BCUT2D eigenvalue weighted by Gasteiger charge is 2.23. The molecule has 0 bridgehead atoms. The molecule has 1 N–H and O–H groups in total. The largest absolute Gasteiger partial charge is 0.369 e. The van der Waals surface area contributed by atoms with E-state index in [0.29, 0.717) is 5.92 Å². The summed E-state index contributed by atoms with van der Waals surface area (Å²) >= 11 is 3.79. The van der Waals surface area contributed by atoms with Crippen LogP contribution < -0.4 is 5.32 Å². The van der Waals surface area contributed by atoms with Gasteiger partial charge in [-0.05, 0) is 12.5 Å². The fraction of sp³-hybridized carbons (Fsp3) is 0.769. The average Bonchev–Trinajstić information content (AvgIpc) is 2.81. The Kier molecular flexibility index (Phi) is 5.48. The van der Waals surface area contributed by atoms with E-state index in [2.05, 4.69) is 26.1 Å². The first-order valence-electron chi connectivity index (χ1n) is 6.62. The molecular formula is C13H22N2OS2. The average molecular weight is 286 g/mol. The van der Waals surface area contributed by atoms with Crippen molar-refractivity contribution in [2.75, 3.05) is 24.7 Å². The molecule has 1 aliphatic rings. The molecule has 0 saturated carbocycles. The third kappa shape index (κ3) is 3.47. The topological polar surface area (TPSA) is 34.1 Å². The molecule has 1 aliphatic heterocycles.